The van der Waals surface area contributed by atoms with Gasteiger partial charge in [-0.1, -0.05) is 105 Å². The van der Waals surface area contributed by atoms with E-state index in [0.29, 0.717) is 11.8 Å². The maximum absolute atomic E-state index is 12.0. The van der Waals surface area contributed by atoms with Crippen molar-refractivity contribution in [3.63, 3.8) is 0 Å². The lowest BCUT2D eigenvalue weighted by molar-refractivity contribution is 0.191. The van der Waals surface area contributed by atoms with Crippen LogP contribution < -0.4 is 0 Å². The normalized spacial score (nSPS) is 13.7. The molecule has 2 atom stereocenters. The van der Waals surface area contributed by atoms with Crippen molar-refractivity contribution in [2.24, 2.45) is 11.8 Å². The van der Waals surface area contributed by atoms with E-state index in [2.05, 4.69) is 40.3 Å². The Morgan fingerprint density at radius 1 is 0.750 bits per heavy atom. The zero-order valence-corrected chi connectivity index (χ0v) is 17.8. The van der Waals surface area contributed by atoms with Gasteiger partial charge in [0.1, 0.15) is 0 Å². The van der Waals surface area contributed by atoms with Gasteiger partial charge in [-0.2, -0.15) is 0 Å². The smallest absolute Gasteiger partial charge is 0.278 e. The van der Waals surface area contributed by atoms with E-state index in [1.165, 1.54) is 64.2 Å². The summed E-state index contributed by atoms with van der Waals surface area (Å²) in [7, 11) is 0. The van der Waals surface area contributed by atoms with Crippen molar-refractivity contribution in [3.8, 4) is 0 Å². The van der Waals surface area contributed by atoms with Gasteiger partial charge in [0.05, 0.1) is 0 Å². The van der Waals surface area contributed by atoms with Crippen molar-refractivity contribution in [1.29, 1.82) is 0 Å². The summed E-state index contributed by atoms with van der Waals surface area (Å²) in [5, 5.41) is -0.0333. The summed E-state index contributed by atoms with van der Waals surface area (Å²) in [6.07, 6.45) is 15.3. The van der Waals surface area contributed by atoms with Crippen LogP contribution in [-0.4, -0.2) is 23.2 Å². The number of unbranched alkanes of at least 4 members (excludes halogenated alkanes) is 6. The summed E-state index contributed by atoms with van der Waals surface area (Å²) < 4.78 is 0. The third-order valence-electron chi connectivity index (χ3n) is 5.31. The fourth-order valence-electron chi connectivity index (χ4n) is 3.42. The van der Waals surface area contributed by atoms with Gasteiger partial charge in [0.2, 0.25) is 0 Å². The molecule has 2 nitrogen and oxygen atoms in total. The summed E-state index contributed by atoms with van der Waals surface area (Å²) in [4.78, 5) is 14.0. The first-order chi connectivity index (χ1) is 11.6. The van der Waals surface area contributed by atoms with E-state index in [0.717, 1.165) is 25.9 Å². The van der Waals surface area contributed by atoms with E-state index in [1.807, 2.05) is 4.90 Å². The number of thiol groups is 1. The summed E-state index contributed by atoms with van der Waals surface area (Å²) in [5.74, 6) is 1.27. The monoisotopic (exact) mass is 357 g/mol. The highest BCUT2D eigenvalue weighted by molar-refractivity contribution is 7.96. The van der Waals surface area contributed by atoms with Gasteiger partial charge < -0.3 is 4.90 Å². The highest BCUT2D eigenvalue weighted by atomic mass is 32.1. The van der Waals surface area contributed by atoms with E-state index < -0.39 is 0 Å². The van der Waals surface area contributed by atoms with Crippen LogP contribution in [0.1, 0.15) is 105 Å². The number of amides is 1. The maximum Gasteiger partial charge on any atom is 0.278 e. The SMILES string of the molecule is CCCCCCC(CC)CN(CC(CC)CCCCCC)C(=O)S. The van der Waals surface area contributed by atoms with Crippen molar-refractivity contribution >= 4 is 17.9 Å². The maximum atomic E-state index is 12.0. The molecule has 0 bridgehead atoms. The van der Waals surface area contributed by atoms with Crippen molar-refractivity contribution < 1.29 is 4.79 Å². The highest BCUT2D eigenvalue weighted by Crippen LogP contribution is 2.21. The van der Waals surface area contributed by atoms with Crippen LogP contribution in [0.5, 0.6) is 0 Å². The first-order valence-electron chi connectivity index (χ1n) is 10.6. The molecule has 0 aliphatic carbocycles. The van der Waals surface area contributed by atoms with E-state index in [1.54, 1.807) is 0 Å². The quantitative estimate of drug-likeness (QED) is 0.226. The van der Waals surface area contributed by atoms with Crippen molar-refractivity contribution in [2.75, 3.05) is 13.1 Å². The van der Waals surface area contributed by atoms with Crippen molar-refractivity contribution in [2.45, 2.75) is 105 Å². The molecule has 0 aromatic rings. The molecule has 0 heterocycles. The standard InChI is InChI=1S/C21H43NOS/c1-5-9-11-13-15-19(7-3)17-22(21(23)24)18-20(8-4)16-14-12-10-6-2/h19-20H,5-18H2,1-4H3,(H,23,24). The number of hydrogen-bond acceptors (Lipinski definition) is 1. The summed E-state index contributed by atoms with van der Waals surface area (Å²) in [6.45, 7) is 10.8. The minimum absolute atomic E-state index is 0.0333. The molecular weight excluding hydrogens is 314 g/mol. The molecule has 24 heavy (non-hydrogen) atoms. The average molecular weight is 358 g/mol. The van der Waals surface area contributed by atoms with Crippen LogP contribution in [-0.2, 0) is 0 Å². The van der Waals surface area contributed by atoms with Gasteiger partial charge in [0.15, 0.2) is 0 Å². The minimum atomic E-state index is -0.0333. The number of nitrogens with zero attached hydrogens (tertiary/aromatic N) is 1. The van der Waals surface area contributed by atoms with E-state index in [4.69, 9.17) is 0 Å². The lowest BCUT2D eigenvalue weighted by Crippen LogP contribution is -2.36. The highest BCUT2D eigenvalue weighted by Gasteiger charge is 2.19. The van der Waals surface area contributed by atoms with Gasteiger partial charge in [0.25, 0.3) is 5.24 Å². The molecule has 1 amide bonds. The third kappa shape index (κ3) is 12.2. The van der Waals surface area contributed by atoms with Gasteiger partial charge in [0, 0.05) is 13.1 Å². The van der Waals surface area contributed by atoms with Crippen molar-refractivity contribution in [3.05, 3.63) is 0 Å². The fourth-order valence-corrected chi connectivity index (χ4v) is 3.59. The second-order valence-corrected chi connectivity index (χ2v) is 7.82. The number of rotatable bonds is 16. The molecule has 0 aliphatic rings. The molecule has 0 fully saturated rings. The Bertz CT molecular complexity index is 274. The largest absolute Gasteiger partial charge is 0.333 e. The Morgan fingerprint density at radius 2 is 1.17 bits per heavy atom. The Kier molecular flexibility index (Phi) is 16.2. The molecule has 0 N–H and O–H groups in total. The Labute approximate surface area is 157 Å². The van der Waals surface area contributed by atoms with Crippen LogP contribution in [0.25, 0.3) is 0 Å². The zero-order valence-electron chi connectivity index (χ0n) is 16.9. The minimum Gasteiger partial charge on any atom is -0.333 e. The third-order valence-corrected chi connectivity index (χ3v) is 5.60. The fraction of sp³-hybridized carbons (Fsp3) is 0.952. The van der Waals surface area contributed by atoms with E-state index in [9.17, 15) is 4.79 Å². The molecule has 0 saturated carbocycles. The van der Waals surface area contributed by atoms with Crippen LogP contribution in [0.15, 0.2) is 0 Å². The van der Waals surface area contributed by atoms with Gasteiger partial charge in [-0.3, -0.25) is 4.79 Å². The first-order valence-corrected chi connectivity index (χ1v) is 11.0. The summed E-state index contributed by atoms with van der Waals surface area (Å²) >= 11 is 4.16. The van der Waals surface area contributed by atoms with E-state index >= 15 is 0 Å². The predicted octanol–water partition coefficient (Wildman–Crippen LogP) is 7.33. The average Bonchev–Trinajstić information content (AvgIpc) is 2.58. The topological polar surface area (TPSA) is 20.3 Å². The summed E-state index contributed by atoms with van der Waals surface area (Å²) in [6, 6.07) is 0. The molecule has 0 radical (unpaired) electrons. The van der Waals surface area contributed by atoms with Crippen LogP contribution in [0.3, 0.4) is 0 Å². The molecule has 0 aromatic carbocycles. The lowest BCUT2D eigenvalue weighted by Gasteiger charge is -2.29. The molecule has 0 rings (SSSR count). The predicted molar refractivity (Wildman–Crippen MR) is 111 cm³/mol. The van der Waals surface area contributed by atoms with Gasteiger partial charge in [-0.25, -0.2) is 0 Å². The number of hydrogen-bond donors (Lipinski definition) is 1. The molecule has 0 aliphatic heterocycles. The zero-order chi connectivity index (χ0) is 18.2. The molecule has 3 heteroatoms. The summed E-state index contributed by atoms with van der Waals surface area (Å²) in [5.41, 5.74) is 0. The molecule has 0 spiro atoms. The second-order valence-electron chi connectivity index (χ2n) is 7.43. The molecular formula is C21H43NOS. The Balaban J connectivity index is 4.34. The lowest BCUT2D eigenvalue weighted by atomic mass is 9.95. The van der Waals surface area contributed by atoms with Crippen LogP contribution >= 0.6 is 12.6 Å². The Morgan fingerprint density at radius 3 is 1.46 bits per heavy atom. The van der Waals surface area contributed by atoms with Crippen LogP contribution in [0.2, 0.25) is 0 Å². The molecule has 0 aromatic heterocycles. The van der Waals surface area contributed by atoms with Crippen LogP contribution in [0, 0.1) is 11.8 Å². The molecule has 144 valence electrons. The second kappa shape index (κ2) is 16.3. The van der Waals surface area contributed by atoms with Gasteiger partial charge in [-0.05, 0) is 24.7 Å². The number of carbonyl (C=O) groups is 1. The van der Waals surface area contributed by atoms with Gasteiger partial charge >= 0.3 is 0 Å². The molecule has 0 saturated heterocycles. The van der Waals surface area contributed by atoms with Gasteiger partial charge in [-0.15, -0.1) is 0 Å². The van der Waals surface area contributed by atoms with Crippen LogP contribution in [0.4, 0.5) is 4.79 Å². The van der Waals surface area contributed by atoms with E-state index in [-0.39, 0.29) is 5.24 Å². The number of carbonyl (C=O) groups excluding carboxylic acids is 1. The first kappa shape index (κ1) is 23.8. The molecule has 2 unspecified atom stereocenters. The Hall–Kier alpha value is -0.180. The van der Waals surface area contributed by atoms with Crippen molar-refractivity contribution in [1.82, 2.24) is 4.90 Å².